The molecule has 0 aromatic heterocycles. The van der Waals surface area contributed by atoms with Crippen LogP contribution < -0.4 is 15.2 Å². The van der Waals surface area contributed by atoms with Gasteiger partial charge < -0.3 is 20.3 Å². The normalized spacial score (nSPS) is 11.9. The summed E-state index contributed by atoms with van der Waals surface area (Å²) in [5.41, 5.74) is 6.46. The summed E-state index contributed by atoms with van der Waals surface area (Å²) in [4.78, 5) is 10.8. The van der Waals surface area contributed by atoms with E-state index in [2.05, 4.69) is 0 Å². The van der Waals surface area contributed by atoms with Crippen molar-refractivity contribution in [3.05, 3.63) is 23.8 Å². The van der Waals surface area contributed by atoms with Gasteiger partial charge in [0.15, 0.2) is 11.5 Å². The summed E-state index contributed by atoms with van der Waals surface area (Å²) in [6.07, 6.45) is 0.00833. The number of hydrogen-bond donors (Lipinski definition) is 2. The first-order chi connectivity index (χ1) is 8.62. The Morgan fingerprint density at radius 2 is 2.17 bits per heavy atom. The van der Waals surface area contributed by atoms with Crippen molar-refractivity contribution in [3.63, 3.8) is 0 Å². The Morgan fingerprint density at radius 1 is 1.44 bits per heavy atom. The SMILES string of the molecule is CCOc1cc(C(CN)CC(=O)O)ccc1OC. The standard InChI is InChI=1S/C13H19NO4/c1-3-18-12-6-9(4-5-11(12)17-2)10(8-14)7-13(15)16/h4-6,10H,3,7-8,14H2,1-2H3,(H,15,16). The Kier molecular flexibility index (Phi) is 5.45. The quantitative estimate of drug-likeness (QED) is 0.771. The third-order valence-corrected chi connectivity index (χ3v) is 2.66. The lowest BCUT2D eigenvalue weighted by Crippen LogP contribution is -2.16. The molecular weight excluding hydrogens is 234 g/mol. The van der Waals surface area contributed by atoms with Gasteiger partial charge in [-0.25, -0.2) is 0 Å². The molecule has 1 aromatic rings. The fourth-order valence-electron chi connectivity index (χ4n) is 1.76. The van der Waals surface area contributed by atoms with Gasteiger partial charge in [0.05, 0.1) is 20.1 Å². The number of carbonyl (C=O) groups is 1. The van der Waals surface area contributed by atoms with Crippen LogP contribution in [0.15, 0.2) is 18.2 Å². The number of carboxylic acids is 1. The van der Waals surface area contributed by atoms with Crippen LogP contribution in [0.2, 0.25) is 0 Å². The van der Waals surface area contributed by atoms with Crippen LogP contribution in [-0.4, -0.2) is 31.3 Å². The molecule has 0 aliphatic heterocycles. The summed E-state index contributed by atoms with van der Waals surface area (Å²) >= 11 is 0. The molecule has 0 fully saturated rings. The molecule has 0 aliphatic carbocycles. The summed E-state index contributed by atoms with van der Waals surface area (Å²) in [5, 5.41) is 8.84. The molecule has 1 aromatic carbocycles. The summed E-state index contributed by atoms with van der Waals surface area (Å²) in [7, 11) is 1.56. The van der Waals surface area contributed by atoms with Crippen LogP contribution >= 0.6 is 0 Å². The highest BCUT2D eigenvalue weighted by Gasteiger charge is 2.16. The molecule has 0 aliphatic rings. The fraction of sp³-hybridized carbons (Fsp3) is 0.462. The van der Waals surface area contributed by atoms with E-state index in [0.717, 1.165) is 5.56 Å². The van der Waals surface area contributed by atoms with Gasteiger partial charge >= 0.3 is 5.97 Å². The summed E-state index contributed by atoms with van der Waals surface area (Å²) in [6, 6.07) is 5.38. The zero-order chi connectivity index (χ0) is 13.5. The molecule has 0 heterocycles. The average Bonchev–Trinajstić information content (AvgIpc) is 2.36. The van der Waals surface area contributed by atoms with Crippen LogP contribution in [0, 0.1) is 0 Å². The Hall–Kier alpha value is -1.75. The Balaban J connectivity index is 3.00. The number of aliphatic carboxylic acids is 1. The van der Waals surface area contributed by atoms with Crippen molar-refractivity contribution in [3.8, 4) is 11.5 Å². The molecule has 5 heteroatoms. The van der Waals surface area contributed by atoms with Crippen molar-refractivity contribution in [2.45, 2.75) is 19.3 Å². The van der Waals surface area contributed by atoms with E-state index in [1.165, 1.54) is 0 Å². The van der Waals surface area contributed by atoms with E-state index in [1.807, 2.05) is 13.0 Å². The van der Waals surface area contributed by atoms with Crippen molar-refractivity contribution >= 4 is 5.97 Å². The maximum absolute atomic E-state index is 10.8. The first kappa shape index (κ1) is 14.3. The Bertz CT molecular complexity index is 406. The van der Waals surface area contributed by atoms with Gasteiger partial charge in [0.25, 0.3) is 0 Å². The van der Waals surface area contributed by atoms with E-state index in [-0.39, 0.29) is 18.9 Å². The van der Waals surface area contributed by atoms with Crippen LogP contribution in [0.3, 0.4) is 0 Å². The molecule has 0 saturated carbocycles. The molecule has 0 amide bonds. The summed E-state index contributed by atoms with van der Waals surface area (Å²) in [6.45, 7) is 2.68. The molecule has 0 spiro atoms. The zero-order valence-corrected chi connectivity index (χ0v) is 10.7. The highest BCUT2D eigenvalue weighted by Crippen LogP contribution is 2.31. The lowest BCUT2D eigenvalue weighted by Gasteiger charge is -2.16. The molecular formula is C13H19NO4. The van der Waals surface area contributed by atoms with E-state index < -0.39 is 5.97 Å². The highest BCUT2D eigenvalue weighted by molar-refractivity contribution is 5.68. The Labute approximate surface area is 107 Å². The second kappa shape index (κ2) is 6.86. The minimum Gasteiger partial charge on any atom is -0.493 e. The number of nitrogens with two attached hydrogens (primary N) is 1. The maximum atomic E-state index is 10.8. The van der Waals surface area contributed by atoms with Crippen LogP contribution in [0.5, 0.6) is 11.5 Å². The monoisotopic (exact) mass is 253 g/mol. The fourth-order valence-corrected chi connectivity index (χ4v) is 1.76. The van der Waals surface area contributed by atoms with Crippen LogP contribution in [-0.2, 0) is 4.79 Å². The van der Waals surface area contributed by atoms with E-state index in [0.29, 0.717) is 18.1 Å². The van der Waals surface area contributed by atoms with Gasteiger partial charge in [-0.15, -0.1) is 0 Å². The molecule has 3 N–H and O–H groups in total. The molecule has 1 unspecified atom stereocenters. The average molecular weight is 253 g/mol. The molecule has 0 radical (unpaired) electrons. The zero-order valence-electron chi connectivity index (χ0n) is 10.7. The first-order valence-electron chi connectivity index (χ1n) is 5.85. The third-order valence-electron chi connectivity index (χ3n) is 2.66. The summed E-state index contributed by atoms with van der Waals surface area (Å²) < 4.78 is 10.6. The molecule has 0 saturated heterocycles. The molecule has 100 valence electrons. The number of methoxy groups -OCH3 is 1. The van der Waals surface area contributed by atoms with Gasteiger partial charge in [0.1, 0.15) is 0 Å². The lowest BCUT2D eigenvalue weighted by atomic mass is 9.95. The first-order valence-corrected chi connectivity index (χ1v) is 5.85. The van der Waals surface area contributed by atoms with Crippen molar-refractivity contribution in [1.29, 1.82) is 0 Å². The number of ether oxygens (including phenoxy) is 2. The second-order valence-electron chi connectivity index (χ2n) is 3.87. The molecule has 1 atom stereocenters. The molecule has 18 heavy (non-hydrogen) atoms. The van der Waals surface area contributed by atoms with Crippen molar-refractivity contribution < 1.29 is 19.4 Å². The maximum Gasteiger partial charge on any atom is 0.304 e. The van der Waals surface area contributed by atoms with Crippen LogP contribution in [0.4, 0.5) is 0 Å². The van der Waals surface area contributed by atoms with Gasteiger partial charge in [0, 0.05) is 5.92 Å². The van der Waals surface area contributed by atoms with Crippen molar-refractivity contribution in [2.24, 2.45) is 5.73 Å². The summed E-state index contributed by atoms with van der Waals surface area (Å²) in [5.74, 6) is 0.167. The smallest absolute Gasteiger partial charge is 0.304 e. The van der Waals surface area contributed by atoms with Crippen molar-refractivity contribution in [2.75, 3.05) is 20.3 Å². The van der Waals surface area contributed by atoms with E-state index >= 15 is 0 Å². The number of benzene rings is 1. The van der Waals surface area contributed by atoms with Gasteiger partial charge in [-0.1, -0.05) is 6.07 Å². The van der Waals surface area contributed by atoms with E-state index in [4.69, 9.17) is 20.3 Å². The highest BCUT2D eigenvalue weighted by atomic mass is 16.5. The van der Waals surface area contributed by atoms with Gasteiger partial charge in [0.2, 0.25) is 0 Å². The molecule has 5 nitrogen and oxygen atoms in total. The largest absolute Gasteiger partial charge is 0.493 e. The number of carboxylic acid groups (broad SMARTS) is 1. The van der Waals surface area contributed by atoms with Crippen LogP contribution in [0.1, 0.15) is 24.8 Å². The van der Waals surface area contributed by atoms with Gasteiger partial charge in [-0.3, -0.25) is 4.79 Å². The minimum absolute atomic E-state index is 0.00833. The number of rotatable bonds is 7. The van der Waals surface area contributed by atoms with E-state index in [9.17, 15) is 4.79 Å². The van der Waals surface area contributed by atoms with Crippen LogP contribution in [0.25, 0.3) is 0 Å². The van der Waals surface area contributed by atoms with Gasteiger partial charge in [-0.05, 0) is 31.2 Å². The van der Waals surface area contributed by atoms with Gasteiger partial charge in [-0.2, -0.15) is 0 Å². The predicted molar refractivity (Wildman–Crippen MR) is 68.2 cm³/mol. The van der Waals surface area contributed by atoms with Crippen molar-refractivity contribution in [1.82, 2.24) is 0 Å². The topological polar surface area (TPSA) is 81.8 Å². The minimum atomic E-state index is -0.862. The molecule has 1 rings (SSSR count). The lowest BCUT2D eigenvalue weighted by molar-refractivity contribution is -0.137. The second-order valence-corrected chi connectivity index (χ2v) is 3.87. The predicted octanol–water partition coefficient (Wildman–Crippen LogP) is 1.61. The number of hydrogen-bond acceptors (Lipinski definition) is 4. The van der Waals surface area contributed by atoms with E-state index in [1.54, 1.807) is 19.2 Å². The third kappa shape index (κ3) is 3.63. The Morgan fingerprint density at radius 3 is 2.67 bits per heavy atom. The molecule has 0 bridgehead atoms.